The lowest BCUT2D eigenvalue weighted by Gasteiger charge is -2.33. The molecule has 1 N–H and O–H groups in total. The van der Waals surface area contributed by atoms with Gasteiger partial charge < -0.3 is 19.3 Å². The predicted octanol–water partition coefficient (Wildman–Crippen LogP) is 3.40. The van der Waals surface area contributed by atoms with Crippen LogP contribution in [0.1, 0.15) is 65.9 Å². The summed E-state index contributed by atoms with van der Waals surface area (Å²) in [5.41, 5.74) is -2.01. The molecule has 7 atom stereocenters. The van der Waals surface area contributed by atoms with Gasteiger partial charge in [-0.3, -0.25) is 14.4 Å². The molecule has 2 bridgehead atoms. The number of rotatable bonds is 4. The highest BCUT2D eigenvalue weighted by Crippen LogP contribution is 2.40. The highest BCUT2D eigenvalue weighted by Gasteiger charge is 2.51. The highest BCUT2D eigenvalue weighted by atomic mass is 16.6. The fraction of sp³-hybridized carbons (Fsp3) is 0.654. The van der Waals surface area contributed by atoms with Crippen LogP contribution in [0, 0.1) is 11.8 Å². The maximum atomic E-state index is 13.4. The number of cyclic esters (lactones) is 1. The molecule has 0 unspecified atom stereocenters. The van der Waals surface area contributed by atoms with E-state index < -0.39 is 47.2 Å². The number of benzene rings is 1. The molecule has 2 fully saturated rings. The van der Waals surface area contributed by atoms with Crippen LogP contribution in [0.15, 0.2) is 30.3 Å². The van der Waals surface area contributed by atoms with E-state index in [1.807, 2.05) is 37.3 Å². The molecule has 2 saturated heterocycles. The lowest BCUT2D eigenvalue weighted by Crippen LogP contribution is -2.50. The van der Waals surface area contributed by atoms with Gasteiger partial charge in [0.05, 0.1) is 24.7 Å². The van der Waals surface area contributed by atoms with E-state index in [1.165, 1.54) is 6.92 Å². The maximum Gasteiger partial charge on any atom is 0.311 e. The van der Waals surface area contributed by atoms with Gasteiger partial charge in [0.1, 0.15) is 11.7 Å². The van der Waals surface area contributed by atoms with Gasteiger partial charge in [0.15, 0.2) is 17.2 Å². The van der Waals surface area contributed by atoms with Crippen LogP contribution in [-0.2, 0) is 35.2 Å². The molecule has 1 aromatic rings. The smallest absolute Gasteiger partial charge is 0.311 e. The van der Waals surface area contributed by atoms with Gasteiger partial charge in [0, 0.05) is 12.8 Å². The van der Waals surface area contributed by atoms with Gasteiger partial charge in [0.2, 0.25) is 0 Å². The molecule has 33 heavy (non-hydrogen) atoms. The maximum absolute atomic E-state index is 13.4. The molecule has 2 aliphatic rings. The third-order valence-corrected chi connectivity index (χ3v) is 7.18. The summed E-state index contributed by atoms with van der Waals surface area (Å²) in [6, 6.07) is 9.51. The Labute approximate surface area is 195 Å². The van der Waals surface area contributed by atoms with Crippen LogP contribution in [0.25, 0.3) is 0 Å². The Hall–Kier alpha value is -2.09. The molecule has 0 amide bonds. The quantitative estimate of drug-likeness (QED) is 0.688. The van der Waals surface area contributed by atoms with Gasteiger partial charge in [-0.2, -0.15) is 0 Å². The summed E-state index contributed by atoms with van der Waals surface area (Å²) in [6.45, 7) is 8.70. The van der Waals surface area contributed by atoms with Crippen molar-refractivity contribution < 1.29 is 33.7 Å². The van der Waals surface area contributed by atoms with Crippen molar-refractivity contribution in [3.63, 3.8) is 0 Å². The Morgan fingerprint density at radius 2 is 1.73 bits per heavy atom. The summed E-state index contributed by atoms with van der Waals surface area (Å²) >= 11 is 0. The van der Waals surface area contributed by atoms with Crippen LogP contribution >= 0.6 is 0 Å². The molecule has 2 aliphatic heterocycles. The van der Waals surface area contributed by atoms with Crippen LogP contribution < -0.4 is 0 Å². The van der Waals surface area contributed by atoms with E-state index in [-0.39, 0.29) is 37.6 Å². The molecule has 3 rings (SSSR count). The molecule has 182 valence electrons. The number of hydrogen-bond donors (Lipinski definition) is 1. The molecular weight excluding hydrogens is 424 g/mol. The number of ether oxygens (including phenoxy) is 3. The lowest BCUT2D eigenvalue weighted by atomic mass is 9.83. The molecule has 1 aromatic carbocycles. The molecular formula is C26H36O7. The second-order valence-electron chi connectivity index (χ2n) is 9.93. The van der Waals surface area contributed by atoms with Crippen molar-refractivity contribution in [2.75, 3.05) is 0 Å². The zero-order valence-corrected chi connectivity index (χ0v) is 20.2. The Kier molecular flexibility index (Phi) is 7.76. The Balaban J connectivity index is 1.92. The molecule has 7 heteroatoms. The van der Waals surface area contributed by atoms with Crippen LogP contribution in [0.2, 0.25) is 0 Å². The van der Waals surface area contributed by atoms with Crippen molar-refractivity contribution in [2.24, 2.45) is 11.8 Å². The minimum atomic E-state index is -1.86. The SMILES string of the molecule is CC[C@H]1OC(=O)[C@H](C)[C@@H](OCc2ccccc2)CC(=O)[C@@]2(C)C[C@@H](C)[C@@H](CC(=O)[C@]1(C)O)O2. The first kappa shape index (κ1) is 25.5. The van der Waals surface area contributed by atoms with E-state index in [1.54, 1.807) is 20.8 Å². The number of fused-ring (bicyclic) bond motifs is 2. The molecule has 0 radical (unpaired) electrons. The van der Waals surface area contributed by atoms with Crippen molar-refractivity contribution in [3.8, 4) is 0 Å². The van der Waals surface area contributed by atoms with Crippen LogP contribution in [0.4, 0.5) is 0 Å². The van der Waals surface area contributed by atoms with Crippen LogP contribution in [0.3, 0.4) is 0 Å². The fourth-order valence-corrected chi connectivity index (χ4v) is 4.79. The van der Waals surface area contributed by atoms with Crippen molar-refractivity contribution >= 4 is 17.5 Å². The summed E-state index contributed by atoms with van der Waals surface area (Å²) in [4.78, 5) is 39.4. The van der Waals surface area contributed by atoms with E-state index in [0.717, 1.165) is 5.56 Å². The van der Waals surface area contributed by atoms with Gasteiger partial charge in [-0.05, 0) is 45.1 Å². The number of ketones is 2. The Morgan fingerprint density at radius 3 is 2.36 bits per heavy atom. The largest absolute Gasteiger partial charge is 0.459 e. The van der Waals surface area contributed by atoms with Gasteiger partial charge >= 0.3 is 5.97 Å². The number of carbonyl (C=O) groups excluding carboxylic acids is 3. The topological polar surface area (TPSA) is 99.1 Å². The average molecular weight is 461 g/mol. The summed E-state index contributed by atoms with van der Waals surface area (Å²) in [5, 5.41) is 11.0. The summed E-state index contributed by atoms with van der Waals surface area (Å²) in [6.07, 6.45) is -1.56. The van der Waals surface area contributed by atoms with Crippen molar-refractivity contribution in [2.45, 2.75) is 96.4 Å². The molecule has 0 spiro atoms. The monoisotopic (exact) mass is 460 g/mol. The highest BCUT2D eigenvalue weighted by molar-refractivity contribution is 5.90. The van der Waals surface area contributed by atoms with Gasteiger partial charge in [0.25, 0.3) is 0 Å². The molecule has 2 heterocycles. The zero-order chi connectivity index (χ0) is 24.4. The fourth-order valence-electron chi connectivity index (χ4n) is 4.79. The molecule has 0 saturated carbocycles. The second kappa shape index (κ2) is 10.0. The third-order valence-electron chi connectivity index (χ3n) is 7.18. The summed E-state index contributed by atoms with van der Waals surface area (Å²) < 4.78 is 17.8. The van der Waals surface area contributed by atoms with Crippen molar-refractivity contribution in [3.05, 3.63) is 35.9 Å². The van der Waals surface area contributed by atoms with E-state index in [2.05, 4.69) is 0 Å². The van der Waals surface area contributed by atoms with Crippen molar-refractivity contribution in [1.82, 2.24) is 0 Å². The Morgan fingerprint density at radius 1 is 1.06 bits per heavy atom. The second-order valence-corrected chi connectivity index (χ2v) is 9.93. The third kappa shape index (κ3) is 5.53. The number of esters is 1. The number of carbonyl (C=O) groups is 3. The van der Waals surface area contributed by atoms with E-state index in [4.69, 9.17) is 14.2 Å². The predicted molar refractivity (Wildman–Crippen MR) is 121 cm³/mol. The van der Waals surface area contributed by atoms with Crippen molar-refractivity contribution in [1.29, 1.82) is 0 Å². The minimum Gasteiger partial charge on any atom is -0.459 e. The number of aliphatic hydroxyl groups is 1. The first-order valence-corrected chi connectivity index (χ1v) is 11.8. The average Bonchev–Trinajstić information content (AvgIpc) is 3.08. The van der Waals surface area contributed by atoms with Crippen LogP contribution in [0.5, 0.6) is 0 Å². The lowest BCUT2D eigenvalue weighted by molar-refractivity contribution is -0.177. The van der Waals surface area contributed by atoms with Gasteiger partial charge in [-0.25, -0.2) is 0 Å². The number of hydrogen-bond acceptors (Lipinski definition) is 7. The normalized spacial score (nSPS) is 38.2. The summed E-state index contributed by atoms with van der Waals surface area (Å²) in [5.74, 6) is -2.05. The molecule has 0 aliphatic carbocycles. The first-order chi connectivity index (χ1) is 15.5. The van der Waals surface area contributed by atoms with Gasteiger partial charge in [-0.15, -0.1) is 0 Å². The standard InChI is InChI=1S/C26H36O7/c1-6-23-26(5,30)22(28)12-19-16(2)14-25(4,33-19)21(27)13-20(17(3)24(29)32-23)31-15-18-10-8-7-9-11-18/h7-11,16-17,19-20,23,30H,6,12-15H2,1-5H3/t16-,17-,19-,20+,23-,25-,26+/m1/s1. The molecule has 0 aromatic heterocycles. The van der Waals surface area contributed by atoms with Crippen LogP contribution in [-0.4, -0.2) is 52.2 Å². The van der Waals surface area contributed by atoms with E-state index >= 15 is 0 Å². The number of Topliss-reactive ketones (excluding diaryl/α,β-unsaturated/α-hetero) is 2. The zero-order valence-electron chi connectivity index (χ0n) is 20.2. The first-order valence-electron chi connectivity index (χ1n) is 11.8. The van der Waals surface area contributed by atoms with E-state index in [9.17, 15) is 19.5 Å². The minimum absolute atomic E-state index is 0.0137. The molecule has 7 nitrogen and oxygen atoms in total. The summed E-state index contributed by atoms with van der Waals surface area (Å²) in [7, 11) is 0. The van der Waals surface area contributed by atoms with Gasteiger partial charge in [-0.1, -0.05) is 44.2 Å². The Bertz CT molecular complexity index is 865. The van der Waals surface area contributed by atoms with E-state index in [0.29, 0.717) is 6.42 Å².